The summed E-state index contributed by atoms with van der Waals surface area (Å²) < 4.78 is 0. The van der Waals surface area contributed by atoms with Crippen LogP contribution in [-0.4, -0.2) is 11.7 Å². The molecule has 5 heteroatoms. The quantitative estimate of drug-likeness (QED) is 0.609. The molecule has 3 N–H and O–H groups in total. The van der Waals surface area contributed by atoms with Gasteiger partial charge in [0.05, 0.1) is 17.2 Å². The molecule has 0 saturated heterocycles. The SMILES string of the molecule is CC1CCC(C)(C#N)/C1=N\NC(N)=O. The lowest BCUT2D eigenvalue weighted by atomic mass is 9.88. The predicted molar refractivity (Wildman–Crippen MR) is 52.3 cm³/mol. The normalized spacial score (nSPS) is 34.1. The zero-order valence-corrected chi connectivity index (χ0v) is 8.37. The van der Waals surface area contributed by atoms with Crippen molar-refractivity contribution in [2.75, 3.05) is 0 Å². The molecule has 0 radical (unpaired) electrons. The Hall–Kier alpha value is -1.57. The number of nitrogens with two attached hydrogens (primary N) is 1. The van der Waals surface area contributed by atoms with Gasteiger partial charge in [-0.15, -0.1) is 0 Å². The lowest BCUT2D eigenvalue weighted by Crippen LogP contribution is -2.30. The Morgan fingerprint density at radius 3 is 3.00 bits per heavy atom. The van der Waals surface area contributed by atoms with E-state index < -0.39 is 11.4 Å². The maximum Gasteiger partial charge on any atom is 0.332 e. The standard InChI is InChI=1S/C9H14N4O/c1-6-3-4-9(2,5-10)7(6)12-13-8(11)14/h6H,3-4H2,1-2H3,(H3,11,13,14)/b12-7-. The van der Waals surface area contributed by atoms with E-state index in [2.05, 4.69) is 16.6 Å². The minimum atomic E-state index is -0.697. The van der Waals surface area contributed by atoms with Gasteiger partial charge in [0.25, 0.3) is 0 Å². The minimum absolute atomic E-state index is 0.228. The molecule has 0 spiro atoms. The highest BCUT2D eigenvalue weighted by atomic mass is 16.2. The van der Waals surface area contributed by atoms with Gasteiger partial charge in [0.1, 0.15) is 0 Å². The van der Waals surface area contributed by atoms with Crippen LogP contribution in [0.2, 0.25) is 0 Å². The van der Waals surface area contributed by atoms with Crippen molar-refractivity contribution in [2.45, 2.75) is 26.7 Å². The fraction of sp³-hybridized carbons (Fsp3) is 0.667. The van der Waals surface area contributed by atoms with Crippen molar-refractivity contribution in [2.24, 2.45) is 22.2 Å². The monoisotopic (exact) mass is 194 g/mol. The summed E-state index contributed by atoms with van der Waals surface area (Å²) in [6, 6.07) is 1.52. The zero-order valence-electron chi connectivity index (χ0n) is 8.37. The smallest absolute Gasteiger partial charge is 0.332 e. The number of rotatable bonds is 1. The Morgan fingerprint density at radius 2 is 2.50 bits per heavy atom. The van der Waals surface area contributed by atoms with Crippen LogP contribution in [0.3, 0.4) is 0 Å². The van der Waals surface area contributed by atoms with E-state index in [1.807, 2.05) is 13.8 Å². The number of hydrogen-bond acceptors (Lipinski definition) is 3. The first-order valence-corrected chi connectivity index (χ1v) is 4.54. The third kappa shape index (κ3) is 1.84. The van der Waals surface area contributed by atoms with Crippen molar-refractivity contribution in [1.29, 1.82) is 5.26 Å². The number of urea groups is 1. The second kappa shape index (κ2) is 3.66. The van der Waals surface area contributed by atoms with Gasteiger partial charge in [0.15, 0.2) is 0 Å². The largest absolute Gasteiger partial charge is 0.350 e. The number of nitriles is 1. The van der Waals surface area contributed by atoms with Crippen LogP contribution in [0.1, 0.15) is 26.7 Å². The number of carbonyl (C=O) groups is 1. The summed E-state index contributed by atoms with van der Waals surface area (Å²) in [6.07, 6.45) is 1.70. The van der Waals surface area contributed by atoms with Crippen molar-refractivity contribution in [3.8, 4) is 6.07 Å². The van der Waals surface area contributed by atoms with E-state index in [0.717, 1.165) is 18.6 Å². The maximum atomic E-state index is 10.5. The summed E-state index contributed by atoms with van der Waals surface area (Å²) >= 11 is 0. The Balaban J connectivity index is 2.88. The van der Waals surface area contributed by atoms with Gasteiger partial charge in [-0.25, -0.2) is 10.2 Å². The predicted octanol–water partition coefficient (Wildman–Crippen LogP) is 0.970. The van der Waals surface area contributed by atoms with Gasteiger partial charge < -0.3 is 5.73 Å². The van der Waals surface area contributed by atoms with Crippen LogP contribution in [-0.2, 0) is 0 Å². The molecule has 0 aromatic carbocycles. The van der Waals surface area contributed by atoms with Crippen molar-refractivity contribution < 1.29 is 4.79 Å². The molecule has 2 atom stereocenters. The van der Waals surface area contributed by atoms with Gasteiger partial charge >= 0.3 is 6.03 Å². The van der Waals surface area contributed by atoms with E-state index in [0.29, 0.717) is 0 Å². The summed E-state index contributed by atoms with van der Waals surface area (Å²) in [6.45, 7) is 3.82. The summed E-state index contributed by atoms with van der Waals surface area (Å²) in [5.41, 5.74) is 7.26. The fourth-order valence-electron chi connectivity index (χ4n) is 1.78. The number of hydrogen-bond donors (Lipinski definition) is 2. The number of hydrazone groups is 1. The third-order valence-electron chi connectivity index (χ3n) is 2.64. The van der Waals surface area contributed by atoms with E-state index in [-0.39, 0.29) is 5.92 Å². The second-order valence-electron chi connectivity index (χ2n) is 3.86. The van der Waals surface area contributed by atoms with Crippen molar-refractivity contribution in [1.82, 2.24) is 5.43 Å². The lowest BCUT2D eigenvalue weighted by molar-refractivity contribution is 0.249. The van der Waals surface area contributed by atoms with Crippen LogP contribution < -0.4 is 11.2 Å². The van der Waals surface area contributed by atoms with Crippen LogP contribution >= 0.6 is 0 Å². The molecule has 2 amide bonds. The number of primary amides is 1. The first-order chi connectivity index (χ1) is 6.49. The van der Waals surface area contributed by atoms with E-state index in [1.165, 1.54) is 0 Å². The molecule has 1 aliphatic rings. The Bertz CT molecular complexity index is 317. The molecule has 0 aliphatic heterocycles. The molecule has 0 aromatic rings. The number of amides is 2. The van der Waals surface area contributed by atoms with E-state index in [9.17, 15) is 4.79 Å². The van der Waals surface area contributed by atoms with E-state index in [1.54, 1.807) is 0 Å². The molecule has 1 fully saturated rings. The summed E-state index contributed by atoms with van der Waals surface area (Å²) in [7, 11) is 0. The second-order valence-corrected chi connectivity index (χ2v) is 3.86. The molecule has 1 aliphatic carbocycles. The highest BCUT2D eigenvalue weighted by molar-refractivity contribution is 5.96. The molecule has 1 saturated carbocycles. The molecule has 1 rings (SSSR count). The summed E-state index contributed by atoms with van der Waals surface area (Å²) in [4.78, 5) is 10.5. The molecule has 76 valence electrons. The van der Waals surface area contributed by atoms with Crippen LogP contribution in [0.4, 0.5) is 4.79 Å². The van der Waals surface area contributed by atoms with Crippen molar-refractivity contribution >= 4 is 11.7 Å². The van der Waals surface area contributed by atoms with Crippen molar-refractivity contribution in [3.63, 3.8) is 0 Å². The van der Waals surface area contributed by atoms with Crippen LogP contribution in [0, 0.1) is 22.7 Å². The molecule has 2 unspecified atom stereocenters. The highest BCUT2D eigenvalue weighted by Gasteiger charge is 2.40. The first-order valence-electron chi connectivity index (χ1n) is 4.54. The fourth-order valence-corrected chi connectivity index (χ4v) is 1.78. The molecule has 0 bridgehead atoms. The molecule has 0 heterocycles. The van der Waals surface area contributed by atoms with Gasteiger partial charge in [0.2, 0.25) is 0 Å². The molecule has 0 aromatic heterocycles. The topological polar surface area (TPSA) is 91.3 Å². The highest BCUT2D eigenvalue weighted by Crippen LogP contribution is 2.38. The number of nitrogens with zero attached hydrogens (tertiary/aromatic N) is 2. The zero-order chi connectivity index (χ0) is 10.8. The number of carbonyl (C=O) groups excluding carboxylic acids is 1. The number of nitrogens with one attached hydrogen (secondary N) is 1. The molecular weight excluding hydrogens is 180 g/mol. The van der Waals surface area contributed by atoms with Gasteiger partial charge in [-0.3, -0.25) is 0 Å². The molecule has 5 nitrogen and oxygen atoms in total. The van der Waals surface area contributed by atoms with Crippen molar-refractivity contribution in [3.05, 3.63) is 0 Å². The lowest BCUT2D eigenvalue weighted by Gasteiger charge is -2.16. The first kappa shape index (κ1) is 10.5. The van der Waals surface area contributed by atoms with Gasteiger partial charge in [-0.1, -0.05) is 6.92 Å². The average molecular weight is 194 g/mol. The van der Waals surface area contributed by atoms with E-state index in [4.69, 9.17) is 11.0 Å². The Morgan fingerprint density at radius 1 is 1.86 bits per heavy atom. The Labute approximate surface area is 83.0 Å². The van der Waals surface area contributed by atoms with Crippen LogP contribution in [0.25, 0.3) is 0 Å². The van der Waals surface area contributed by atoms with E-state index >= 15 is 0 Å². The maximum absolute atomic E-state index is 10.5. The minimum Gasteiger partial charge on any atom is -0.350 e. The average Bonchev–Trinajstić information content (AvgIpc) is 2.41. The van der Waals surface area contributed by atoms with Gasteiger partial charge in [-0.2, -0.15) is 10.4 Å². The molecular formula is C9H14N4O. The summed E-state index contributed by atoms with van der Waals surface area (Å²) in [5.74, 6) is 0.228. The Kier molecular flexibility index (Phi) is 2.75. The third-order valence-corrected chi connectivity index (χ3v) is 2.64. The van der Waals surface area contributed by atoms with Gasteiger partial charge in [0, 0.05) is 0 Å². The van der Waals surface area contributed by atoms with Crippen LogP contribution in [0.5, 0.6) is 0 Å². The van der Waals surface area contributed by atoms with Gasteiger partial charge in [-0.05, 0) is 25.7 Å². The summed E-state index contributed by atoms with van der Waals surface area (Å²) in [5, 5.41) is 12.9. The van der Waals surface area contributed by atoms with Crippen LogP contribution in [0.15, 0.2) is 5.10 Å². The molecule has 14 heavy (non-hydrogen) atoms.